The quantitative estimate of drug-likeness (QED) is 0.395. The summed E-state index contributed by atoms with van der Waals surface area (Å²) in [6.07, 6.45) is -1.25. The van der Waals surface area contributed by atoms with Crippen LogP contribution in [0.25, 0.3) is 10.9 Å². The van der Waals surface area contributed by atoms with E-state index in [1.54, 1.807) is 13.2 Å². The van der Waals surface area contributed by atoms with E-state index in [9.17, 15) is 9.90 Å². The van der Waals surface area contributed by atoms with Crippen LogP contribution in [0, 0.1) is 0 Å². The average Bonchev–Trinajstić information content (AvgIpc) is 2.87. The Balaban J connectivity index is 0.00000190. The number of halogens is 3. The van der Waals surface area contributed by atoms with Crippen molar-refractivity contribution >= 4 is 59.2 Å². The maximum Gasteiger partial charge on any atom is 0.235 e. The molecule has 1 amide bonds. The van der Waals surface area contributed by atoms with E-state index in [1.165, 1.54) is 11.8 Å². The van der Waals surface area contributed by atoms with Crippen LogP contribution in [-0.2, 0) is 11.3 Å². The molecule has 2 aliphatic rings. The van der Waals surface area contributed by atoms with Crippen molar-refractivity contribution < 1.29 is 19.0 Å². The molecule has 0 radical (unpaired) electrons. The molecule has 2 aromatic heterocycles. The first-order valence-corrected chi connectivity index (χ1v) is 12.6. The zero-order chi connectivity index (χ0) is 24.4. The summed E-state index contributed by atoms with van der Waals surface area (Å²) in [6.45, 7) is 1.65. The highest BCUT2D eigenvalue weighted by molar-refractivity contribution is 8.00. The number of aromatic nitrogens is 2. The molecule has 4 heterocycles. The number of alkyl halides is 1. The van der Waals surface area contributed by atoms with Crippen molar-refractivity contribution in [3.05, 3.63) is 53.7 Å². The highest BCUT2D eigenvalue weighted by atomic mass is 35.5. The maximum absolute atomic E-state index is 15.0. The minimum atomic E-state index is -1.07. The van der Waals surface area contributed by atoms with Gasteiger partial charge in [-0.2, -0.15) is 0 Å². The van der Waals surface area contributed by atoms with Crippen molar-refractivity contribution in [2.24, 2.45) is 0 Å². The molecule has 0 unspecified atom stereocenters. The zero-order valence-electron chi connectivity index (χ0n) is 20.2. The summed E-state index contributed by atoms with van der Waals surface area (Å²) in [5, 5.41) is 17.9. The normalized spacial score (nSPS) is 20.2. The summed E-state index contributed by atoms with van der Waals surface area (Å²) >= 11 is 1.47. The molecule has 0 bridgehead atoms. The standard InChI is InChI=1S/C25H28FN5O3S.2ClH/c1-34-23-8-5-15-3-2-4-17(24(15)30-23)20(32)13-31-10-9-19(18(26)12-31)27-11-16-6-7-21-25(28-16)29-22(33)14-35-21;;/h2-8,18-20,27,32H,9-14H2,1H3,(H,28,29,33);2*1H/t18-,19-,20-;;/m1../s1. The fourth-order valence-corrected chi connectivity index (χ4v) is 5.34. The predicted octanol–water partition coefficient (Wildman–Crippen LogP) is 3.76. The molecular formula is C25H30Cl2FN5O3S. The minimum Gasteiger partial charge on any atom is -0.481 e. The number of benzene rings is 1. The number of thioether (sulfide) groups is 1. The monoisotopic (exact) mass is 569 g/mol. The molecule has 1 aromatic carbocycles. The van der Waals surface area contributed by atoms with Crippen LogP contribution in [0.1, 0.15) is 23.8 Å². The van der Waals surface area contributed by atoms with Crippen molar-refractivity contribution in [1.82, 2.24) is 20.2 Å². The highest BCUT2D eigenvalue weighted by Gasteiger charge is 2.30. The molecule has 3 atom stereocenters. The number of aliphatic hydroxyl groups is 1. The number of para-hydroxylation sites is 1. The Morgan fingerprint density at radius 2 is 2.08 bits per heavy atom. The van der Waals surface area contributed by atoms with E-state index >= 15 is 4.39 Å². The van der Waals surface area contributed by atoms with Crippen molar-refractivity contribution in [2.75, 3.05) is 37.8 Å². The number of carbonyl (C=O) groups excluding carboxylic acids is 1. The van der Waals surface area contributed by atoms with Crippen molar-refractivity contribution in [1.29, 1.82) is 0 Å². The Morgan fingerprint density at radius 1 is 1.24 bits per heavy atom. The molecule has 8 nitrogen and oxygen atoms in total. The average molecular weight is 571 g/mol. The van der Waals surface area contributed by atoms with Gasteiger partial charge in [0, 0.05) is 42.7 Å². The van der Waals surface area contributed by atoms with Crippen LogP contribution in [0.5, 0.6) is 5.88 Å². The van der Waals surface area contributed by atoms with E-state index < -0.39 is 12.3 Å². The Bertz CT molecular complexity index is 1240. The SMILES string of the molecule is COc1ccc2cccc([C@H](O)CN3CC[C@@H](NCc4ccc5c(n4)NC(=O)CS5)[C@H](F)C3)c2n1.Cl.Cl. The van der Waals surface area contributed by atoms with Crippen LogP contribution < -0.4 is 15.4 Å². The third-order valence-electron chi connectivity index (χ3n) is 6.43. The van der Waals surface area contributed by atoms with Crippen LogP contribution >= 0.6 is 36.6 Å². The largest absolute Gasteiger partial charge is 0.481 e. The second-order valence-corrected chi connectivity index (χ2v) is 9.84. The van der Waals surface area contributed by atoms with Crippen LogP contribution in [0.15, 0.2) is 47.4 Å². The first-order chi connectivity index (χ1) is 17.0. The van der Waals surface area contributed by atoms with Gasteiger partial charge in [0.05, 0.1) is 35.1 Å². The van der Waals surface area contributed by atoms with E-state index in [2.05, 4.69) is 20.6 Å². The molecular weight excluding hydrogens is 540 g/mol. The lowest BCUT2D eigenvalue weighted by Gasteiger charge is -2.36. The zero-order valence-corrected chi connectivity index (χ0v) is 22.7. The van der Waals surface area contributed by atoms with Gasteiger partial charge in [-0.25, -0.2) is 14.4 Å². The summed E-state index contributed by atoms with van der Waals surface area (Å²) in [5.41, 5.74) is 2.16. The lowest BCUT2D eigenvalue weighted by Crippen LogP contribution is -2.51. The number of amides is 1. The summed E-state index contributed by atoms with van der Waals surface area (Å²) in [5.74, 6) is 1.40. The van der Waals surface area contributed by atoms with Gasteiger partial charge in [0.1, 0.15) is 12.0 Å². The molecule has 3 N–H and O–H groups in total. The van der Waals surface area contributed by atoms with E-state index in [4.69, 9.17) is 4.74 Å². The van der Waals surface area contributed by atoms with Gasteiger partial charge in [0.2, 0.25) is 11.8 Å². The second-order valence-electron chi connectivity index (χ2n) is 8.83. The van der Waals surface area contributed by atoms with E-state index in [1.807, 2.05) is 41.3 Å². The van der Waals surface area contributed by atoms with E-state index in [-0.39, 0.29) is 43.3 Å². The first kappa shape index (κ1) is 29.3. The fourth-order valence-electron chi connectivity index (χ4n) is 4.58. The molecule has 0 spiro atoms. The van der Waals surface area contributed by atoms with Crippen LogP contribution in [0.2, 0.25) is 0 Å². The summed E-state index contributed by atoms with van der Waals surface area (Å²) in [7, 11) is 1.56. The topological polar surface area (TPSA) is 99.6 Å². The Hall–Kier alpha value is -2.21. The number of piperidine rings is 1. The number of aliphatic hydroxyl groups excluding tert-OH is 1. The lowest BCUT2D eigenvalue weighted by molar-refractivity contribution is -0.113. The number of pyridine rings is 2. The Morgan fingerprint density at radius 3 is 2.86 bits per heavy atom. The number of nitrogens with one attached hydrogen (secondary N) is 2. The van der Waals surface area contributed by atoms with Crippen LogP contribution in [0.4, 0.5) is 10.2 Å². The van der Waals surface area contributed by atoms with Crippen molar-refractivity contribution in [2.45, 2.75) is 36.2 Å². The maximum atomic E-state index is 15.0. The molecule has 200 valence electrons. The van der Waals surface area contributed by atoms with Gasteiger partial charge >= 0.3 is 0 Å². The number of fused-ring (bicyclic) bond motifs is 2. The molecule has 1 fully saturated rings. The van der Waals surface area contributed by atoms with Gasteiger partial charge in [-0.1, -0.05) is 18.2 Å². The molecule has 12 heteroatoms. The van der Waals surface area contributed by atoms with Gasteiger partial charge in [0.25, 0.3) is 0 Å². The van der Waals surface area contributed by atoms with Gasteiger partial charge in [-0.3, -0.25) is 9.69 Å². The number of hydrogen-bond acceptors (Lipinski definition) is 8. The number of anilines is 1. The van der Waals surface area contributed by atoms with Crippen molar-refractivity contribution in [3.63, 3.8) is 0 Å². The van der Waals surface area contributed by atoms with E-state index in [0.717, 1.165) is 16.0 Å². The third kappa shape index (κ3) is 6.81. The molecule has 0 aliphatic carbocycles. The predicted molar refractivity (Wildman–Crippen MR) is 148 cm³/mol. The summed E-state index contributed by atoms with van der Waals surface area (Å²) in [6, 6.07) is 12.9. The van der Waals surface area contributed by atoms with Gasteiger partial charge in [-0.15, -0.1) is 36.6 Å². The summed E-state index contributed by atoms with van der Waals surface area (Å²) in [4.78, 5) is 23.5. The van der Waals surface area contributed by atoms with Crippen LogP contribution in [-0.4, -0.2) is 70.6 Å². The second kappa shape index (κ2) is 13.0. The highest BCUT2D eigenvalue weighted by Crippen LogP contribution is 2.30. The molecule has 0 saturated carbocycles. The number of likely N-dealkylation sites (tertiary alicyclic amines) is 1. The smallest absolute Gasteiger partial charge is 0.235 e. The molecule has 1 saturated heterocycles. The minimum absolute atomic E-state index is 0. The van der Waals surface area contributed by atoms with Gasteiger partial charge in [0.15, 0.2) is 0 Å². The third-order valence-corrected chi connectivity index (χ3v) is 7.48. The summed E-state index contributed by atoms with van der Waals surface area (Å²) < 4.78 is 20.3. The lowest BCUT2D eigenvalue weighted by atomic mass is 10.0. The first-order valence-electron chi connectivity index (χ1n) is 11.6. The Labute approximate surface area is 231 Å². The van der Waals surface area contributed by atoms with Crippen LogP contribution in [0.3, 0.4) is 0 Å². The number of β-amino-alcohol motifs (C(OH)–C–C–N with tert-alkyl or cyclic N) is 1. The number of nitrogens with zero attached hydrogens (tertiary/aromatic N) is 3. The fraction of sp³-hybridized carbons (Fsp3) is 0.400. The number of methoxy groups -OCH3 is 1. The molecule has 37 heavy (non-hydrogen) atoms. The Kier molecular flexibility index (Phi) is 10.3. The number of carbonyl (C=O) groups is 1. The molecule has 3 aromatic rings. The molecule has 2 aliphatic heterocycles. The van der Waals surface area contributed by atoms with Crippen molar-refractivity contribution in [3.8, 4) is 5.88 Å². The number of hydrogen-bond donors (Lipinski definition) is 3. The van der Waals surface area contributed by atoms with E-state index in [0.29, 0.717) is 54.6 Å². The number of rotatable bonds is 7. The van der Waals surface area contributed by atoms with Gasteiger partial charge in [-0.05, 0) is 31.2 Å². The number of ether oxygens (including phenoxy) is 1. The molecule has 5 rings (SSSR count). The van der Waals surface area contributed by atoms with Gasteiger partial charge < -0.3 is 20.5 Å².